The molecule has 3 heteroatoms. The standard InChI is InChI=1S/C17H21N3/c1-2-3-13-4-6-14(7-5-13)16-9-11-19-17(20-16)15-8-10-18-12-15/h4-7,9,11,15,18H,2-3,8,10,12H2,1H3. The average molecular weight is 267 g/mol. The smallest absolute Gasteiger partial charge is 0.133 e. The van der Waals surface area contributed by atoms with Crippen LogP contribution in [0.15, 0.2) is 36.5 Å². The van der Waals surface area contributed by atoms with Crippen molar-refractivity contribution in [3.8, 4) is 11.3 Å². The lowest BCUT2D eigenvalue weighted by Gasteiger charge is -2.09. The zero-order valence-electron chi connectivity index (χ0n) is 12.0. The predicted molar refractivity (Wildman–Crippen MR) is 81.7 cm³/mol. The molecule has 0 spiro atoms. The number of aromatic nitrogens is 2. The van der Waals surface area contributed by atoms with Gasteiger partial charge in [-0.3, -0.25) is 0 Å². The highest BCUT2D eigenvalue weighted by Gasteiger charge is 2.19. The zero-order valence-corrected chi connectivity index (χ0v) is 12.0. The van der Waals surface area contributed by atoms with Gasteiger partial charge in [0.2, 0.25) is 0 Å². The molecule has 104 valence electrons. The zero-order chi connectivity index (χ0) is 13.8. The minimum absolute atomic E-state index is 0.467. The van der Waals surface area contributed by atoms with Crippen molar-refractivity contribution >= 4 is 0 Å². The molecular weight excluding hydrogens is 246 g/mol. The highest BCUT2D eigenvalue weighted by Crippen LogP contribution is 2.22. The molecule has 1 unspecified atom stereocenters. The van der Waals surface area contributed by atoms with Crippen LogP contribution in [0.2, 0.25) is 0 Å². The SMILES string of the molecule is CCCc1ccc(-c2ccnc(C3CCNC3)n2)cc1. The van der Waals surface area contributed by atoms with Gasteiger partial charge in [-0.2, -0.15) is 0 Å². The first-order valence-electron chi connectivity index (χ1n) is 7.50. The van der Waals surface area contributed by atoms with Crippen molar-refractivity contribution in [1.82, 2.24) is 15.3 Å². The maximum Gasteiger partial charge on any atom is 0.133 e. The molecule has 2 aromatic rings. The van der Waals surface area contributed by atoms with Crippen LogP contribution >= 0.6 is 0 Å². The first-order valence-corrected chi connectivity index (χ1v) is 7.50. The summed E-state index contributed by atoms with van der Waals surface area (Å²) in [5.74, 6) is 1.44. The minimum atomic E-state index is 0.467. The fourth-order valence-electron chi connectivity index (χ4n) is 2.74. The molecule has 0 bridgehead atoms. The summed E-state index contributed by atoms with van der Waals surface area (Å²) >= 11 is 0. The van der Waals surface area contributed by atoms with Gasteiger partial charge >= 0.3 is 0 Å². The Kier molecular flexibility index (Phi) is 4.07. The van der Waals surface area contributed by atoms with Gasteiger partial charge in [-0.15, -0.1) is 0 Å². The topological polar surface area (TPSA) is 37.8 Å². The summed E-state index contributed by atoms with van der Waals surface area (Å²) in [6, 6.07) is 10.8. The second-order valence-electron chi connectivity index (χ2n) is 5.44. The minimum Gasteiger partial charge on any atom is -0.316 e. The molecule has 1 N–H and O–H groups in total. The number of benzene rings is 1. The van der Waals surface area contributed by atoms with Crippen molar-refractivity contribution in [1.29, 1.82) is 0 Å². The Morgan fingerprint density at radius 3 is 2.75 bits per heavy atom. The highest BCUT2D eigenvalue weighted by atomic mass is 15.0. The van der Waals surface area contributed by atoms with E-state index >= 15 is 0 Å². The van der Waals surface area contributed by atoms with Crippen molar-refractivity contribution in [3.63, 3.8) is 0 Å². The van der Waals surface area contributed by atoms with Gasteiger partial charge in [0.1, 0.15) is 5.82 Å². The Bertz CT molecular complexity index is 557. The Morgan fingerprint density at radius 1 is 1.20 bits per heavy atom. The van der Waals surface area contributed by atoms with E-state index in [0.29, 0.717) is 5.92 Å². The van der Waals surface area contributed by atoms with E-state index in [1.54, 1.807) is 0 Å². The van der Waals surface area contributed by atoms with Crippen molar-refractivity contribution in [2.24, 2.45) is 0 Å². The molecule has 3 nitrogen and oxygen atoms in total. The lowest BCUT2D eigenvalue weighted by atomic mass is 10.0. The van der Waals surface area contributed by atoms with Gasteiger partial charge in [-0.25, -0.2) is 9.97 Å². The molecule has 0 aliphatic carbocycles. The number of nitrogens with zero attached hydrogens (tertiary/aromatic N) is 2. The van der Waals surface area contributed by atoms with Crippen LogP contribution in [0.4, 0.5) is 0 Å². The molecule has 0 saturated carbocycles. The van der Waals surface area contributed by atoms with E-state index in [0.717, 1.165) is 37.4 Å². The van der Waals surface area contributed by atoms with E-state index in [1.165, 1.54) is 17.5 Å². The van der Waals surface area contributed by atoms with Gasteiger partial charge in [0.15, 0.2) is 0 Å². The lowest BCUT2D eigenvalue weighted by molar-refractivity contribution is 0.703. The Balaban J connectivity index is 1.83. The number of nitrogens with one attached hydrogen (secondary N) is 1. The fourth-order valence-corrected chi connectivity index (χ4v) is 2.74. The molecular formula is C17H21N3. The number of aryl methyl sites for hydroxylation is 1. The molecule has 1 aliphatic rings. The molecule has 0 amide bonds. The van der Waals surface area contributed by atoms with Gasteiger partial charge < -0.3 is 5.32 Å². The summed E-state index contributed by atoms with van der Waals surface area (Å²) in [5.41, 5.74) is 3.61. The summed E-state index contributed by atoms with van der Waals surface area (Å²) in [4.78, 5) is 9.19. The summed E-state index contributed by atoms with van der Waals surface area (Å²) < 4.78 is 0. The van der Waals surface area contributed by atoms with E-state index in [-0.39, 0.29) is 0 Å². The average Bonchev–Trinajstić information content (AvgIpc) is 3.03. The molecule has 1 aromatic carbocycles. The summed E-state index contributed by atoms with van der Waals surface area (Å²) in [6.45, 7) is 4.28. The largest absolute Gasteiger partial charge is 0.316 e. The Labute approximate surface area is 120 Å². The van der Waals surface area contributed by atoms with Crippen LogP contribution in [0.25, 0.3) is 11.3 Å². The van der Waals surface area contributed by atoms with Crippen molar-refractivity contribution < 1.29 is 0 Å². The molecule has 3 rings (SSSR count). The molecule has 1 fully saturated rings. The van der Waals surface area contributed by atoms with Crippen LogP contribution in [-0.2, 0) is 6.42 Å². The highest BCUT2D eigenvalue weighted by molar-refractivity contribution is 5.59. The van der Waals surface area contributed by atoms with Gasteiger partial charge in [-0.05, 0) is 31.0 Å². The molecule has 20 heavy (non-hydrogen) atoms. The van der Waals surface area contributed by atoms with Crippen LogP contribution in [0, 0.1) is 0 Å². The first kappa shape index (κ1) is 13.3. The molecule has 0 radical (unpaired) electrons. The van der Waals surface area contributed by atoms with E-state index in [4.69, 9.17) is 4.98 Å². The van der Waals surface area contributed by atoms with Gasteiger partial charge in [0.25, 0.3) is 0 Å². The van der Waals surface area contributed by atoms with Crippen LogP contribution in [0.1, 0.15) is 37.1 Å². The maximum absolute atomic E-state index is 4.75. The van der Waals surface area contributed by atoms with Gasteiger partial charge in [0.05, 0.1) is 5.69 Å². The van der Waals surface area contributed by atoms with Crippen LogP contribution in [0.3, 0.4) is 0 Å². The van der Waals surface area contributed by atoms with E-state index < -0.39 is 0 Å². The first-order chi connectivity index (χ1) is 9.86. The Hall–Kier alpha value is -1.74. The lowest BCUT2D eigenvalue weighted by Crippen LogP contribution is -2.10. The van der Waals surface area contributed by atoms with Crippen LogP contribution < -0.4 is 5.32 Å². The summed E-state index contributed by atoms with van der Waals surface area (Å²) in [6.07, 6.45) is 5.35. The van der Waals surface area contributed by atoms with Gasteiger partial charge in [0, 0.05) is 24.2 Å². The summed E-state index contributed by atoms with van der Waals surface area (Å²) in [5, 5.41) is 3.37. The van der Waals surface area contributed by atoms with Crippen molar-refractivity contribution in [2.45, 2.75) is 32.1 Å². The summed E-state index contributed by atoms with van der Waals surface area (Å²) in [7, 11) is 0. The van der Waals surface area contributed by atoms with E-state index in [2.05, 4.69) is 41.5 Å². The molecule has 1 atom stereocenters. The normalized spacial score (nSPS) is 18.4. The molecule has 2 heterocycles. The third-order valence-corrected chi connectivity index (χ3v) is 3.89. The fraction of sp³-hybridized carbons (Fsp3) is 0.412. The Morgan fingerprint density at radius 2 is 2.05 bits per heavy atom. The molecule has 1 aromatic heterocycles. The van der Waals surface area contributed by atoms with Crippen molar-refractivity contribution in [2.75, 3.05) is 13.1 Å². The third-order valence-electron chi connectivity index (χ3n) is 3.89. The second-order valence-corrected chi connectivity index (χ2v) is 5.44. The van der Waals surface area contributed by atoms with Gasteiger partial charge in [-0.1, -0.05) is 37.6 Å². The predicted octanol–water partition coefficient (Wildman–Crippen LogP) is 3.17. The van der Waals surface area contributed by atoms with E-state index in [9.17, 15) is 0 Å². The molecule has 1 aliphatic heterocycles. The van der Waals surface area contributed by atoms with Crippen molar-refractivity contribution in [3.05, 3.63) is 47.9 Å². The maximum atomic E-state index is 4.75. The monoisotopic (exact) mass is 267 g/mol. The quantitative estimate of drug-likeness (QED) is 0.924. The van der Waals surface area contributed by atoms with Crippen LogP contribution in [-0.4, -0.2) is 23.1 Å². The van der Waals surface area contributed by atoms with E-state index in [1.807, 2.05) is 12.3 Å². The number of rotatable bonds is 4. The second kappa shape index (κ2) is 6.14. The molecule has 1 saturated heterocycles. The number of hydrogen-bond acceptors (Lipinski definition) is 3. The van der Waals surface area contributed by atoms with Crippen LogP contribution in [0.5, 0.6) is 0 Å². The third kappa shape index (κ3) is 2.88. The number of hydrogen-bond donors (Lipinski definition) is 1.